The average molecular weight is 319 g/mol. The zero-order chi connectivity index (χ0) is 13.1. The Kier molecular flexibility index (Phi) is 4.73. The molecule has 0 bridgehead atoms. The van der Waals surface area contributed by atoms with E-state index >= 15 is 0 Å². The Morgan fingerprint density at radius 1 is 1.41 bits per heavy atom. The van der Waals surface area contributed by atoms with Gasteiger partial charge in [0.15, 0.2) is 0 Å². The second-order valence-electron chi connectivity index (χ2n) is 3.65. The summed E-state index contributed by atoms with van der Waals surface area (Å²) >= 11 is 3.22. The van der Waals surface area contributed by atoms with Crippen LogP contribution in [-0.2, 0) is 10.0 Å². The standard InChI is InChI=1S/C11H15BrN2O2S/c1-9(12)8-13-10-6-4-5-7-11(10)17(15,16)14(2)3/h4-7,13H,1,8H2,2-3H3. The molecule has 4 nitrogen and oxygen atoms in total. The lowest BCUT2D eigenvalue weighted by Crippen LogP contribution is -2.23. The molecule has 94 valence electrons. The predicted molar refractivity (Wildman–Crippen MR) is 73.9 cm³/mol. The minimum Gasteiger partial charge on any atom is -0.379 e. The normalized spacial score (nSPS) is 11.5. The number of hydrogen-bond donors (Lipinski definition) is 1. The van der Waals surface area contributed by atoms with Crippen molar-refractivity contribution in [1.82, 2.24) is 4.31 Å². The summed E-state index contributed by atoms with van der Waals surface area (Å²) in [6, 6.07) is 6.79. The van der Waals surface area contributed by atoms with Gasteiger partial charge in [0, 0.05) is 25.1 Å². The van der Waals surface area contributed by atoms with Crippen LogP contribution in [0, 0.1) is 0 Å². The smallest absolute Gasteiger partial charge is 0.244 e. The first kappa shape index (κ1) is 14.2. The Labute approximate surface area is 111 Å². The Bertz CT molecular complexity index is 512. The number of anilines is 1. The van der Waals surface area contributed by atoms with E-state index in [2.05, 4.69) is 27.8 Å². The highest BCUT2D eigenvalue weighted by Crippen LogP contribution is 2.23. The Hall–Kier alpha value is -0.850. The molecule has 0 aliphatic carbocycles. The number of benzene rings is 1. The highest BCUT2D eigenvalue weighted by molar-refractivity contribution is 9.11. The number of nitrogens with zero attached hydrogens (tertiary/aromatic N) is 1. The van der Waals surface area contributed by atoms with Gasteiger partial charge in [0.1, 0.15) is 4.90 Å². The number of rotatable bonds is 5. The van der Waals surface area contributed by atoms with Crippen LogP contribution in [-0.4, -0.2) is 33.4 Å². The van der Waals surface area contributed by atoms with E-state index in [1.165, 1.54) is 18.4 Å². The van der Waals surface area contributed by atoms with E-state index < -0.39 is 10.0 Å². The SMILES string of the molecule is C=C(Br)CNc1ccccc1S(=O)(=O)N(C)C. The third kappa shape index (κ3) is 3.55. The van der Waals surface area contributed by atoms with Gasteiger partial charge in [0.2, 0.25) is 10.0 Å². The van der Waals surface area contributed by atoms with Crippen LogP contribution in [0.4, 0.5) is 5.69 Å². The average Bonchev–Trinajstić information content (AvgIpc) is 2.26. The first-order valence-corrected chi connectivity index (χ1v) is 7.17. The van der Waals surface area contributed by atoms with E-state index in [1.54, 1.807) is 24.3 Å². The van der Waals surface area contributed by atoms with Crippen molar-refractivity contribution < 1.29 is 8.42 Å². The van der Waals surface area contributed by atoms with Gasteiger partial charge in [-0.05, 0) is 12.1 Å². The first-order valence-electron chi connectivity index (χ1n) is 4.94. The molecule has 17 heavy (non-hydrogen) atoms. The largest absolute Gasteiger partial charge is 0.379 e. The summed E-state index contributed by atoms with van der Waals surface area (Å²) in [5, 5.41) is 3.02. The van der Waals surface area contributed by atoms with Crippen molar-refractivity contribution in [2.24, 2.45) is 0 Å². The first-order chi connectivity index (χ1) is 7.85. The molecule has 0 saturated heterocycles. The molecule has 0 unspecified atom stereocenters. The van der Waals surface area contributed by atoms with E-state index in [-0.39, 0.29) is 4.90 Å². The molecule has 0 fully saturated rings. The monoisotopic (exact) mass is 318 g/mol. The number of halogens is 1. The number of para-hydroxylation sites is 1. The summed E-state index contributed by atoms with van der Waals surface area (Å²) in [6.07, 6.45) is 0. The van der Waals surface area contributed by atoms with Crippen molar-refractivity contribution in [3.8, 4) is 0 Å². The molecule has 0 aromatic heterocycles. The fraction of sp³-hybridized carbons (Fsp3) is 0.273. The quantitative estimate of drug-likeness (QED) is 0.906. The second-order valence-corrected chi connectivity index (χ2v) is 6.90. The van der Waals surface area contributed by atoms with Crippen LogP contribution in [0.2, 0.25) is 0 Å². The maximum Gasteiger partial charge on any atom is 0.244 e. The Balaban J connectivity index is 3.12. The van der Waals surface area contributed by atoms with Gasteiger partial charge in [-0.25, -0.2) is 12.7 Å². The molecule has 1 aromatic carbocycles. The molecule has 0 heterocycles. The summed E-state index contributed by atoms with van der Waals surface area (Å²) in [5.74, 6) is 0. The maximum absolute atomic E-state index is 12.0. The summed E-state index contributed by atoms with van der Waals surface area (Å²) in [4.78, 5) is 0.263. The van der Waals surface area contributed by atoms with Crippen LogP contribution in [0.15, 0.2) is 40.2 Å². The fourth-order valence-electron chi connectivity index (χ4n) is 1.23. The van der Waals surface area contributed by atoms with Crippen molar-refractivity contribution in [1.29, 1.82) is 0 Å². The molecule has 0 aliphatic heterocycles. The van der Waals surface area contributed by atoms with Crippen LogP contribution >= 0.6 is 15.9 Å². The zero-order valence-electron chi connectivity index (χ0n) is 9.77. The molecule has 1 N–H and O–H groups in total. The molecule has 0 saturated carbocycles. The van der Waals surface area contributed by atoms with Crippen LogP contribution in [0.1, 0.15) is 0 Å². The zero-order valence-corrected chi connectivity index (χ0v) is 12.2. The van der Waals surface area contributed by atoms with Crippen molar-refractivity contribution >= 4 is 31.6 Å². The second kappa shape index (κ2) is 5.66. The van der Waals surface area contributed by atoms with Gasteiger partial charge in [0.05, 0.1) is 5.69 Å². The van der Waals surface area contributed by atoms with E-state index in [1.807, 2.05) is 0 Å². The van der Waals surface area contributed by atoms with Gasteiger partial charge in [-0.3, -0.25) is 0 Å². The molecule has 0 amide bonds. The number of sulfonamides is 1. The van der Waals surface area contributed by atoms with Gasteiger partial charge in [0.25, 0.3) is 0 Å². The van der Waals surface area contributed by atoms with Gasteiger partial charge >= 0.3 is 0 Å². The van der Waals surface area contributed by atoms with Gasteiger partial charge in [-0.1, -0.05) is 34.6 Å². The number of nitrogens with one attached hydrogen (secondary N) is 1. The van der Waals surface area contributed by atoms with Crippen molar-refractivity contribution in [3.63, 3.8) is 0 Å². The highest BCUT2D eigenvalue weighted by Gasteiger charge is 2.20. The third-order valence-electron chi connectivity index (χ3n) is 2.12. The molecule has 1 rings (SSSR count). The summed E-state index contributed by atoms with van der Waals surface area (Å²) in [6.45, 7) is 4.16. The molecule has 1 aromatic rings. The molecule has 0 spiro atoms. The fourth-order valence-corrected chi connectivity index (χ4v) is 2.43. The minimum atomic E-state index is -3.43. The highest BCUT2D eigenvalue weighted by atomic mass is 79.9. The lowest BCUT2D eigenvalue weighted by Gasteiger charge is -2.15. The van der Waals surface area contributed by atoms with E-state index in [0.717, 1.165) is 4.48 Å². The molecule has 6 heteroatoms. The lowest BCUT2D eigenvalue weighted by atomic mass is 10.3. The molecular formula is C11H15BrN2O2S. The third-order valence-corrected chi connectivity index (χ3v) is 4.27. The molecule has 0 aliphatic rings. The van der Waals surface area contributed by atoms with Crippen LogP contribution in [0.3, 0.4) is 0 Å². The van der Waals surface area contributed by atoms with Crippen LogP contribution in [0.5, 0.6) is 0 Å². The predicted octanol–water partition coefficient (Wildman–Crippen LogP) is 2.26. The van der Waals surface area contributed by atoms with E-state index in [0.29, 0.717) is 12.2 Å². The topological polar surface area (TPSA) is 49.4 Å². The van der Waals surface area contributed by atoms with Crippen molar-refractivity contribution in [3.05, 3.63) is 35.3 Å². The summed E-state index contributed by atoms with van der Waals surface area (Å²) in [5.41, 5.74) is 0.571. The summed E-state index contributed by atoms with van der Waals surface area (Å²) in [7, 11) is -0.411. The van der Waals surface area contributed by atoms with Gasteiger partial charge in [-0.15, -0.1) is 0 Å². The van der Waals surface area contributed by atoms with Crippen LogP contribution in [0.25, 0.3) is 0 Å². The van der Waals surface area contributed by atoms with Crippen molar-refractivity contribution in [2.45, 2.75) is 4.90 Å². The number of hydrogen-bond acceptors (Lipinski definition) is 3. The van der Waals surface area contributed by atoms with E-state index in [4.69, 9.17) is 0 Å². The van der Waals surface area contributed by atoms with Gasteiger partial charge < -0.3 is 5.32 Å². The molecule has 0 radical (unpaired) electrons. The van der Waals surface area contributed by atoms with E-state index in [9.17, 15) is 8.42 Å². The minimum absolute atomic E-state index is 0.263. The Morgan fingerprint density at radius 3 is 2.53 bits per heavy atom. The molecular weight excluding hydrogens is 304 g/mol. The Morgan fingerprint density at radius 2 is 2.00 bits per heavy atom. The van der Waals surface area contributed by atoms with Crippen molar-refractivity contribution in [2.75, 3.05) is 26.0 Å². The summed E-state index contributed by atoms with van der Waals surface area (Å²) < 4.78 is 26.0. The maximum atomic E-state index is 12.0. The van der Waals surface area contributed by atoms with Crippen LogP contribution < -0.4 is 5.32 Å². The molecule has 0 atom stereocenters. The lowest BCUT2D eigenvalue weighted by molar-refractivity contribution is 0.521. The van der Waals surface area contributed by atoms with Gasteiger partial charge in [-0.2, -0.15) is 0 Å².